The molecule has 2 aliphatic rings. The van der Waals surface area contributed by atoms with E-state index in [0.717, 1.165) is 18.6 Å². The number of aromatic nitrogens is 1. The Morgan fingerprint density at radius 3 is 2.64 bits per heavy atom. The zero-order valence-corrected chi connectivity index (χ0v) is 14.7. The van der Waals surface area contributed by atoms with Crippen LogP contribution in [0, 0.1) is 6.92 Å². The molecule has 2 aromatic carbocycles. The van der Waals surface area contributed by atoms with E-state index in [9.17, 15) is 4.79 Å². The average Bonchev–Trinajstić information content (AvgIpc) is 2.93. The number of likely N-dealkylation sites (N-methyl/N-ethyl adjacent to an activating group) is 1. The first kappa shape index (κ1) is 14.9. The highest BCUT2D eigenvalue weighted by molar-refractivity contribution is 5.98. The summed E-state index contributed by atoms with van der Waals surface area (Å²) in [6.45, 7) is 4.06. The molecular formula is C22H22N2O. The van der Waals surface area contributed by atoms with Crippen molar-refractivity contribution >= 4 is 16.8 Å². The van der Waals surface area contributed by atoms with Crippen LogP contribution in [0.3, 0.4) is 0 Å². The summed E-state index contributed by atoms with van der Waals surface area (Å²) in [7, 11) is 2.19. The van der Waals surface area contributed by atoms with Gasteiger partial charge in [0.1, 0.15) is 0 Å². The fourth-order valence-corrected chi connectivity index (χ4v) is 4.86. The molecule has 2 unspecified atom stereocenters. The van der Waals surface area contributed by atoms with Crippen LogP contribution >= 0.6 is 0 Å². The standard InChI is InChI=1S/C22H22N2O/c1-14-8-9-20-17(10-14)19-13-23(2)12-18-16(15-6-4-3-5-7-15)11-21(25)24(20)22(18)19/h3-10,16,18H,11-13H2,1-2H3. The topological polar surface area (TPSA) is 25.2 Å². The number of hydrogen-bond acceptors (Lipinski definition) is 2. The molecule has 3 heterocycles. The molecular weight excluding hydrogens is 308 g/mol. The molecule has 0 aliphatic carbocycles. The second kappa shape index (κ2) is 5.30. The first-order chi connectivity index (χ1) is 12.1. The Kier molecular flexibility index (Phi) is 3.16. The van der Waals surface area contributed by atoms with Crippen molar-refractivity contribution in [2.45, 2.75) is 31.7 Å². The minimum atomic E-state index is 0.241. The van der Waals surface area contributed by atoms with Gasteiger partial charge < -0.3 is 4.90 Å². The van der Waals surface area contributed by atoms with Crippen LogP contribution in [0.1, 0.15) is 45.4 Å². The Morgan fingerprint density at radius 2 is 1.84 bits per heavy atom. The quantitative estimate of drug-likeness (QED) is 0.664. The van der Waals surface area contributed by atoms with Crippen molar-refractivity contribution in [3.63, 3.8) is 0 Å². The summed E-state index contributed by atoms with van der Waals surface area (Å²) < 4.78 is 2.03. The lowest BCUT2D eigenvalue weighted by Crippen LogP contribution is -2.39. The molecule has 0 amide bonds. The summed E-state index contributed by atoms with van der Waals surface area (Å²) in [6, 6.07) is 17.1. The van der Waals surface area contributed by atoms with Gasteiger partial charge >= 0.3 is 0 Å². The number of hydrogen-bond donors (Lipinski definition) is 0. The van der Waals surface area contributed by atoms with E-state index in [4.69, 9.17) is 0 Å². The molecule has 0 saturated carbocycles. The van der Waals surface area contributed by atoms with E-state index in [-0.39, 0.29) is 11.8 Å². The lowest BCUT2D eigenvalue weighted by Gasteiger charge is -2.39. The fraction of sp³-hybridized carbons (Fsp3) is 0.318. The number of carbonyl (C=O) groups excluding carboxylic acids is 1. The number of nitrogens with zero attached hydrogens (tertiary/aromatic N) is 2. The van der Waals surface area contributed by atoms with E-state index in [0.29, 0.717) is 12.3 Å². The summed E-state index contributed by atoms with van der Waals surface area (Å²) in [5.41, 5.74) is 6.25. The van der Waals surface area contributed by atoms with Crippen molar-refractivity contribution in [2.24, 2.45) is 0 Å². The van der Waals surface area contributed by atoms with Gasteiger partial charge in [0.25, 0.3) is 0 Å². The zero-order valence-electron chi connectivity index (χ0n) is 14.7. The first-order valence-electron chi connectivity index (χ1n) is 9.04. The molecule has 3 aromatic rings. The number of carbonyl (C=O) groups is 1. The maximum Gasteiger partial charge on any atom is 0.231 e. The summed E-state index contributed by atoms with van der Waals surface area (Å²) in [4.78, 5) is 15.5. The van der Waals surface area contributed by atoms with Gasteiger partial charge in [-0.2, -0.15) is 0 Å². The molecule has 1 aromatic heterocycles. The number of rotatable bonds is 1. The van der Waals surface area contributed by atoms with Crippen LogP contribution in [0.4, 0.5) is 0 Å². The van der Waals surface area contributed by atoms with Gasteiger partial charge in [0.2, 0.25) is 5.91 Å². The molecule has 0 fully saturated rings. The molecule has 0 spiro atoms. The number of benzene rings is 2. The lowest BCUT2D eigenvalue weighted by molar-refractivity contribution is 0.0852. The van der Waals surface area contributed by atoms with Crippen LogP contribution in [0.15, 0.2) is 48.5 Å². The molecule has 0 N–H and O–H groups in total. The maximum absolute atomic E-state index is 13.1. The Morgan fingerprint density at radius 1 is 1.04 bits per heavy atom. The van der Waals surface area contributed by atoms with Crippen LogP contribution in [-0.2, 0) is 6.54 Å². The van der Waals surface area contributed by atoms with E-state index in [2.05, 4.69) is 61.3 Å². The second-order valence-corrected chi connectivity index (χ2v) is 7.64. The molecule has 5 rings (SSSR count). The monoisotopic (exact) mass is 330 g/mol. The summed E-state index contributed by atoms with van der Waals surface area (Å²) in [5.74, 6) is 0.888. The van der Waals surface area contributed by atoms with Crippen molar-refractivity contribution < 1.29 is 4.79 Å². The van der Waals surface area contributed by atoms with E-state index in [1.807, 2.05) is 10.6 Å². The number of fused-ring (bicyclic) bond motifs is 3. The molecule has 0 saturated heterocycles. The Hall–Kier alpha value is -2.39. The van der Waals surface area contributed by atoms with Crippen molar-refractivity contribution in [3.05, 3.63) is 70.9 Å². The van der Waals surface area contributed by atoms with Gasteiger partial charge in [-0.15, -0.1) is 0 Å². The normalized spacial score (nSPS) is 23.0. The van der Waals surface area contributed by atoms with Gasteiger partial charge in [-0.1, -0.05) is 42.0 Å². The summed E-state index contributed by atoms with van der Waals surface area (Å²) in [5, 5.41) is 1.26. The van der Waals surface area contributed by atoms with Gasteiger partial charge in [0.15, 0.2) is 0 Å². The van der Waals surface area contributed by atoms with Crippen LogP contribution in [-0.4, -0.2) is 29.0 Å². The Bertz CT molecular complexity index is 986. The van der Waals surface area contributed by atoms with Crippen LogP contribution in [0.2, 0.25) is 0 Å². The average molecular weight is 330 g/mol. The third-order valence-electron chi connectivity index (χ3n) is 5.91. The van der Waals surface area contributed by atoms with E-state index in [1.54, 1.807) is 0 Å². The van der Waals surface area contributed by atoms with Crippen LogP contribution < -0.4 is 0 Å². The Labute approximate surface area is 147 Å². The van der Waals surface area contributed by atoms with Crippen molar-refractivity contribution in [3.8, 4) is 0 Å². The predicted octanol–water partition coefficient (Wildman–Crippen LogP) is 4.31. The van der Waals surface area contributed by atoms with Gasteiger partial charge in [-0.3, -0.25) is 9.36 Å². The van der Waals surface area contributed by atoms with E-state index >= 15 is 0 Å². The van der Waals surface area contributed by atoms with Crippen molar-refractivity contribution in [1.29, 1.82) is 0 Å². The summed E-state index contributed by atoms with van der Waals surface area (Å²) in [6.07, 6.45) is 0.590. The highest BCUT2D eigenvalue weighted by Crippen LogP contribution is 2.47. The summed E-state index contributed by atoms with van der Waals surface area (Å²) >= 11 is 0. The maximum atomic E-state index is 13.1. The molecule has 0 bridgehead atoms. The van der Waals surface area contributed by atoms with Gasteiger partial charge in [-0.05, 0) is 37.2 Å². The minimum absolute atomic E-state index is 0.241. The van der Waals surface area contributed by atoms with E-state index < -0.39 is 0 Å². The third kappa shape index (κ3) is 2.12. The van der Waals surface area contributed by atoms with Gasteiger partial charge in [-0.25, -0.2) is 0 Å². The minimum Gasteiger partial charge on any atom is -0.301 e. The molecule has 3 heteroatoms. The molecule has 0 radical (unpaired) electrons. The van der Waals surface area contributed by atoms with Crippen molar-refractivity contribution in [2.75, 3.05) is 13.6 Å². The highest BCUT2D eigenvalue weighted by Gasteiger charge is 2.41. The number of aryl methyl sites for hydroxylation is 1. The smallest absolute Gasteiger partial charge is 0.231 e. The van der Waals surface area contributed by atoms with E-state index in [1.165, 1.54) is 27.8 Å². The zero-order chi connectivity index (χ0) is 17.1. The predicted molar refractivity (Wildman–Crippen MR) is 100 cm³/mol. The van der Waals surface area contributed by atoms with Gasteiger partial charge in [0, 0.05) is 42.4 Å². The molecule has 2 atom stereocenters. The Balaban J connectivity index is 1.78. The van der Waals surface area contributed by atoms with Crippen LogP contribution in [0.25, 0.3) is 10.9 Å². The molecule has 25 heavy (non-hydrogen) atoms. The SMILES string of the molecule is Cc1ccc2c(c1)c1c3n2C(=O)CC(c2ccccc2)C3CN(C)C1. The fourth-order valence-electron chi connectivity index (χ4n) is 4.86. The highest BCUT2D eigenvalue weighted by atomic mass is 16.2. The molecule has 2 aliphatic heterocycles. The van der Waals surface area contributed by atoms with Crippen LogP contribution in [0.5, 0.6) is 0 Å². The first-order valence-corrected chi connectivity index (χ1v) is 9.04. The van der Waals surface area contributed by atoms with Gasteiger partial charge in [0.05, 0.1) is 5.52 Å². The third-order valence-corrected chi connectivity index (χ3v) is 5.91. The molecule has 126 valence electrons. The second-order valence-electron chi connectivity index (χ2n) is 7.64. The lowest BCUT2D eigenvalue weighted by atomic mass is 9.76. The molecule has 3 nitrogen and oxygen atoms in total. The van der Waals surface area contributed by atoms with Crippen molar-refractivity contribution in [1.82, 2.24) is 9.47 Å². The largest absolute Gasteiger partial charge is 0.301 e.